The van der Waals surface area contributed by atoms with Crippen LogP contribution in [0.2, 0.25) is 0 Å². The number of fused-ring (bicyclic) bond motifs is 1. The van der Waals surface area contributed by atoms with Crippen LogP contribution in [0.4, 0.5) is 0 Å². The maximum atomic E-state index is 2.47. The van der Waals surface area contributed by atoms with E-state index in [1.165, 1.54) is 16.7 Å². The number of hydrogen-bond acceptors (Lipinski definition) is 0. The van der Waals surface area contributed by atoms with Gasteiger partial charge in [-0.1, -0.05) is 0 Å². The summed E-state index contributed by atoms with van der Waals surface area (Å²) in [7, 11) is 0. The largest absolute Gasteiger partial charge is 0.147 e. The van der Waals surface area contributed by atoms with Crippen molar-refractivity contribution in [1.29, 1.82) is 0 Å². The van der Waals surface area contributed by atoms with Crippen LogP contribution in [-0.2, 0) is 26.4 Å². The Kier molecular flexibility index (Phi) is 6.26. The molecule has 2 aromatic rings. The monoisotopic (exact) mass is 418 g/mol. The van der Waals surface area contributed by atoms with Gasteiger partial charge >= 0.3 is 138 Å². The minimum atomic E-state index is -0.775. The SMILES string of the molecule is C1=CC[C]([Zr][C]2(c3ccccc3)C=Cc3ccccc32)=C1.Cl.Cl. The molecule has 2 aliphatic carbocycles. The van der Waals surface area contributed by atoms with E-state index >= 15 is 0 Å². The van der Waals surface area contributed by atoms with E-state index in [1.807, 2.05) is 0 Å². The van der Waals surface area contributed by atoms with Gasteiger partial charge in [-0.25, -0.2) is 0 Å². The van der Waals surface area contributed by atoms with E-state index in [-0.39, 0.29) is 27.9 Å². The molecular weight excluding hydrogens is 402 g/mol. The molecule has 2 aromatic carbocycles. The van der Waals surface area contributed by atoms with Crippen LogP contribution in [0.1, 0.15) is 23.1 Å². The molecule has 1 unspecified atom stereocenters. The van der Waals surface area contributed by atoms with Crippen LogP contribution in [0.5, 0.6) is 0 Å². The summed E-state index contributed by atoms with van der Waals surface area (Å²) in [5.41, 5.74) is 4.37. The van der Waals surface area contributed by atoms with Gasteiger partial charge in [0, 0.05) is 0 Å². The van der Waals surface area contributed by atoms with Crippen LogP contribution in [0, 0.1) is 0 Å². The van der Waals surface area contributed by atoms with Crippen molar-refractivity contribution >= 4 is 30.9 Å². The maximum Gasteiger partial charge on any atom is -0.147 e. The zero-order chi connectivity index (χ0) is 14.1. The maximum absolute atomic E-state index is 2.47. The molecule has 2 aliphatic rings. The first kappa shape index (κ1) is 18.5. The summed E-state index contributed by atoms with van der Waals surface area (Å²) in [5.74, 6) is 0. The molecule has 0 heterocycles. The Bertz CT molecular complexity index is 762. The minimum absolute atomic E-state index is 0. The van der Waals surface area contributed by atoms with Crippen LogP contribution in [0.15, 0.2) is 82.2 Å². The fourth-order valence-corrected chi connectivity index (χ4v) is 7.52. The first-order chi connectivity index (χ1) is 10.4. The molecule has 0 bridgehead atoms. The summed E-state index contributed by atoms with van der Waals surface area (Å²) in [6, 6.07) is 20.0. The van der Waals surface area contributed by atoms with Gasteiger partial charge < -0.3 is 0 Å². The van der Waals surface area contributed by atoms with Crippen molar-refractivity contribution in [3.63, 3.8) is 0 Å². The van der Waals surface area contributed by atoms with Crippen molar-refractivity contribution in [2.45, 2.75) is 9.54 Å². The summed E-state index contributed by atoms with van der Waals surface area (Å²) < 4.78 is 1.85. The van der Waals surface area contributed by atoms with Crippen LogP contribution in [0.25, 0.3) is 6.08 Å². The van der Waals surface area contributed by atoms with E-state index in [4.69, 9.17) is 0 Å². The van der Waals surface area contributed by atoms with E-state index in [9.17, 15) is 0 Å². The number of rotatable bonds is 3. The molecule has 0 radical (unpaired) electrons. The second-order valence-corrected chi connectivity index (χ2v) is 9.68. The van der Waals surface area contributed by atoms with E-state index in [1.54, 1.807) is 3.28 Å². The predicted molar refractivity (Wildman–Crippen MR) is 99.0 cm³/mol. The quantitative estimate of drug-likeness (QED) is 0.595. The molecule has 1 atom stereocenters. The molecule has 0 saturated carbocycles. The molecule has 0 aliphatic heterocycles. The van der Waals surface area contributed by atoms with Gasteiger partial charge in [0.15, 0.2) is 0 Å². The van der Waals surface area contributed by atoms with Crippen molar-refractivity contribution in [2.75, 3.05) is 0 Å². The number of hydrogen-bond donors (Lipinski definition) is 0. The first-order valence-corrected chi connectivity index (χ1v) is 9.82. The molecule has 0 fully saturated rings. The molecule has 3 heteroatoms. The van der Waals surface area contributed by atoms with E-state index < -0.39 is 23.2 Å². The van der Waals surface area contributed by atoms with Gasteiger partial charge in [-0.15, -0.1) is 24.8 Å². The Balaban J connectivity index is 0.000000960. The van der Waals surface area contributed by atoms with E-state index in [0.717, 1.165) is 6.42 Å². The molecule has 0 N–H and O–H groups in total. The number of benzene rings is 2. The number of halogens is 2. The molecule has 0 aromatic heterocycles. The summed E-state index contributed by atoms with van der Waals surface area (Å²) in [6.07, 6.45) is 12.8. The summed E-state index contributed by atoms with van der Waals surface area (Å²) in [4.78, 5) is 0. The molecule has 0 nitrogen and oxygen atoms in total. The second kappa shape index (κ2) is 7.80. The average molecular weight is 420 g/mol. The second-order valence-electron chi connectivity index (χ2n) is 5.54. The fraction of sp³-hybridized carbons (Fsp3) is 0.100. The Morgan fingerprint density at radius 2 is 1.61 bits per heavy atom. The fourth-order valence-electron chi connectivity index (χ4n) is 3.23. The van der Waals surface area contributed by atoms with E-state index in [0.29, 0.717) is 0 Å². The molecule has 116 valence electrons. The van der Waals surface area contributed by atoms with Crippen molar-refractivity contribution in [3.8, 4) is 0 Å². The number of allylic oxidation sites excluding steroid dienone is 5. The normalized spacial score (nSPS) is 20.3. The molecule has 0 saturated heterocycles. The Labute approximate surface area is 161 Å². The van der Waals surface area contributed by atoms with Crippen LogP contribution in [-0.4, -0.2) is 0 Å². The third kappa shape index (κ3) is 3.34. The van der Waals surface area contributed by atoms with Gasteiger partial charge in [0.2, 0.25) is 0 Å². The van der Waals surface area contributed by atoms with Crippen molar-refractivity contribution < 1.29 is 23.2 Å². The van der Waals surface area contributed by atoms with Crippen molar-refractivity contribution in [1.82, 2.24) is 0 Å². The summed E-state index contributed by atoms with van der Waals surface area (Å²) >= 11 is -0.775. The Hall–Kier alpha value is -0.877. The van der Waals surface area contributed by atoms with Crippen LogP contribution < -0.4 is 0 Å². The minimum Gasteiger partial charge on any atom is -0.147 e. The zero-order valence-electron chi connectivity index (χ0n) is 12.6. The van der Waals surface area contributed by atoms with E-state index in [2.05, 4.69) is 85.0 Å². The zero-order valence-corrected chi connectivity index (χ0v) is 16.7. The van der Waals surface area contributed by atoms with Gasteiger partial charge in [0.1, 0.15) is 0 Å². The average Bonchev–Trinajstić information content (AvgIpc) is 3.18. The van der Waals surface area contributed by atoms with Gasteiger partial charge in [0.25, 0.3) is 0 Å². The topological polar surface area (TPSA) is 0 Å². The third-order valence-electron chi connectivity index (χ3n) is 4.26. The summed E-state index contributed by atoms with van der Waals surface area (Å²) in [5, 5.41) is 0. The van der Waals surface area contributed by atoms with Crippen molar-refractivity contribution in [3.05, 3.63) is 98.9 Å². The molecule has 4 rings (SSSR count). The van der Waals surface area contributed by atoms with Gasteiger partial charge in [-0.2, -0.15) is 0 Å². The van der Waals surface area contributed by atoms with Crippen molar-refractivity contribution in [2.24, 2.45) is 0 Å². The molecular formula is C20H18Cl2Zr. The Morgan fingerprint density at radius 3 is 2.35 bits per heavy atom. The molecule has 23 heavy (non-hydrogen) atoms. The van der Waals surface area contributed by atoms with Gasteiger partial charge in [-0.3, -0.25) is 0 Å². The van der Waals surface area contributed by atoms with Crippen LogP contribution in [0.3, 0.4) is 0 Å². The summed E-state index contributed by atoms with van der Waals surface area (Å²) in [6.45, 7) is 0. The Morgan fingerprint density at radius 1 is 0.870 bits per heavy atom. The molecule has 0 spiro atoms. The predicted octanol–water partition coefficient (Wildman–Crippen LogP) is 5.73. The third-order valence-corrected chi connectivity index (χ3v) is 8.71. The standard InChI is InChI=1S/C15H11.C5H5.2ClH.Zr/c1-2-6-12(7-3-1)15-11-10-13-8-4-5-9-14(13)15;1-2-4-5-3-1;;;/h1-11H;1-3H,4H2;2*1H;. The smallest absolute Gasteiger partial charge is 0.147 e. The van der Waals surface area contributed by atoms with Crippen LogP contribution >= 0.6 is 24.8 Å². The molecule has 0 amide bonds. The van der Waals surface area contributed by atoms with Gasteiger partial charge in [-0.05, 0) is 0 Å². The van der Waals surface area contributed by atoms with Gasteiger partial charge in [0.05, 0.1) is 0 Å². The first-order valence-electron chi connectivity index (χ1n) is 7.37.